The normalized spacial score (nSPS) is 14.6. The number of nitrogens with zero attached hydrogens (tertiary/aromatic N) is 6. The number of fused-ring (bicyclic) bond motifs is 2. The van der Waals surface area contributed by atoms with Crippen LogP contribution in [0.25, 0.3) is 16.6 Å². The number of aryl methyl sites for hydroxylation is 1. The lowest BCUT2D eigenvalue weighted by atomic mass is 10.1. The van der Waals surface area contributed by atoms with Crippen LogP contribution in [0.3, 0.4) is 0 Å². The molecule has 10 nitrogen and oxygen atoms in total. The number of benzene rings is 1. The Balaban J connectivity index is 1.44. The molecule has 1 fully saturated rings. The van der Waals surface area contributed by atoms with E-state index < -0.39 is 35.9 Å². The average Bonchev–Trinajstić information content (AvgIpc) is 3.44. The summed E-state index contributed by atoms with van der Waals surface area (Å²) in [5.41, 5.74) is 1.44. The van der Waals surface area contributed by atoms with Gasteiger partial charge in [-0.1, -0.05) is 0 Å². The molecule has 1 aliphatic rings. The predicted molar refractivity (Wildman–Crippen MR) is 148 cm³/mol. The summed E-state index contributed by atoms with van der Waals surface area (Å²) in [7, 11) is 0. The van der Waals surface area contributed by atoms with Crippen LogP contribution in [0.1, 0.15) is 43.7 Å². The van der Waals surface area contributed by atoms with Gasteiger partial charge in [-0.3, -0.25) is 9.48 Å². The number of carbonyl (C=O) groups is 2. The molecule has 3 aromatic heterocycles. The van der Waals surface area contributed by atoms with Crippen molar-refractivity contribution in [3.8, 4) is 0 Å². The highest BCUT2D eigenvalue weighted by atomic mass is 19.3. The fraction of sp³-hybridized carbons (Fsp3) is 0.429. The molecule has 0 radical (unpaired) electrons. The van der Waals surface area contributed by atoms with Gasteiger partial charge in [0, 0.05) is 68.8 Å². The minimum absolute atomic E-state index is 0.137. The molecule has 13 heteroatoms. The standard InChI is InChI=1S/C28H32F3N7O3/c1-17-13-37-14-18(12-21(29)24(37)32-17)33-25(39)19-6-7-22(20-15-38(34-23(19)20)16-28(5,30)31)35-8-10-36(11-9-35)26(40)41-27(2,3)4/h6-7,12-15H,8-11,16H2,1-5H3,(H,33,39). The van der Waals surface area contributed by atoms with Crippen LogP contribution in [0.4, 0.5) is 29.3 Å². The monoisotopic (exact) mass is 571 g/mol. The smallest absolute Gasteiger partial charge is 0.410 e. The number of piperazine rings is 1. The van der Waals surface area contributed by atoms with Gasteiger partial charge in [0.05, 0.1) is 16.9 Å². The molecule has 218 valence electrons. The van der Waals surface area contributed by atoms with Gasteiger partial charge in [0.25, 0.3) is 11.8 Å². The second-order valence-electron chi connectivity index (χ2n) is 11.4. The number of imidazole rings is 1. The van der Waals surface area contributed by atoms with E-state index >= 15 is 0 Å². The van der Waals surface area contributed by atoms with Gasteiger partial charge in [0.15, 0.2) is 11.5 Å². The SMILES string of the molecule is Cc1cn2cc(NC(=O)c3ccc(N4CCN(C(=O)OC(C)(C)C)CC4)c4cn(CC(C)(F)F)nc34)cc(F)c2n1. The molecular weight excluding hydrogens is 539 g/mol. The lowest BCUT2D eigenvalue weighted by Crippen LogP contribution is -2.50. The van der Waals surface area contributed by atoms with Crippen molar-refractivity contribution in [2.24, 2.45) is 0 Å². The quantitative estimate of drug-likeness (QED) is 0.358. The minimum Gasteiger partial charge on any atom is -0.444 e. The first-order valence-corrected chi connectivity index (χ1v) is 13.2. The molecule has 41 heavy (non-hydrogen) atoms. The number of ether oxygens (including phenoxy) is 1. The second kappa shape index (κ2) is 10.3. The van der Waals surface area contributed by atoms with Gasteiger partial charge in [-0.15, -0.1) is 0 Å². The molecule has 1 N–H and O–H groups in total. The Morgan fingerprint density at radius 2 is 1.76 bits per heavy atom. The summed E-state index contributed by atoms with van der Waals surface area (Å²) in [6, 6.07) is 4.48. The Morgan fingerprint density at radius 3 is 2.41 bits per heavy atom. The maximum atomic E-state index is 14.6. The third kappa shape index (κ3) is 6.23. The van der Waals surface area contributed by atoms with E-state index in [-0.39, 0.29) is 22.4 Å². The van der Waals surface area contributed by atoms with Crippen molar-refractivity contribution in [2.75, 3.05) is 36.4 Å². The molecule has 1 aromatic carbocycles. The summed E-state index contributed by atoms with van der Waals surface area (Å²) < 4.78 is 50.5. The fourth-order valence-corrected chi connectivity index (χ4v) is 4.87. The maximum absolute atomic E-state index is 14.6. The second-order valence-corrected chi connectivity index (χ2v) is 11.4. The Labute approximate surface area is 234 Å². The van der Waals surface area contributed by atoms with E-state index in [9.17, 15) is 22.8 Å². The third-order valence-corrected chi connectivity index (χ3v) is 6.54. The molecule has 0 spiro atoms. The summed E-state index contributed by atoms with van der Waals surface area (Å²) in [4.78, 5) is 33.6. The Hall–Kier alpha value is -4.29. The van der Waals surface area contributed by atoms with Crippen LogP contribution in [0, 0.1) is 12.7 Å². The first kappa shape index (κ1) is 28.2. The number of aromatic nitrogens is 4. The van der Waals surface area contributed by atoms with E-state index in [2.05, 4.69) is 15.4 Å². The summed E-state index contributed by atoms with van der Waals surface area (Å²) in [6.45, 7) is 9.03. The number of nitrogens with one attached hydrogen (secondary N) is 1. The average molecular weight is 572 g/mol. The van der Waals surface area contributed by atoms with Crippen LogP contribution in [-0.4, -0.2) is 73.8 Å². The van der Waals surface area contributed by atoms with E-state index in [4.69, 9.17) is 4.74 Å². The summed E-state index contributed by atoms with van der Waals surface area (Å²) >= 11 is 0. The molecule has 0 atom stereocenters. The third-order valence-electron chi connectivity index (χ3n) is 6.54. The summed E-state index contributed by atoms with van der Waals surface area (Å²) in [5.74, 6) is -4.20. The zero-order valence-electron chi connectivity index (χ0n) is 23.5. The van der Waals surface area contributed by atoms with E-state index in [1.807, 2.05) is 4.90 Å². The largest absolute Gasteiger partial charge is 0.444 e. The van der Waals surface area contributed by atoms with Gasteiger partial charge in [0.1, 0.15) is 17.7 Å². The highest BCUT2D eigenvalue weighted by molar-refractivity contribution is 6.14. The van der Waals surface area contributed by atoms with Gasteiger partial charge in [0.2, 0.25) is 0 Å². The van der Waals surface area contributed by atoms with Crippen LogP contribution in [0.5, 0.6) is 0 Å². The number of anilines is 2. The maximum Gasteiger partial charge on any atom is 0.410 e. The molecule has 5 rings (SSSR count). The van der Waals surface area contributed by atoms with Gasteiger partial charge in [-0.25, -0.2) is 22.9 Å². The number of carbonyl (C=O) groups excluding carboxylic acids is 2. The summed E-state index contributed by atoms with van der Waals surface area (Å²) in [6.07, 6.45) is 4.28. The van der Waals surface area contributed by atoms with Crippen molar-refractivity contribution in [3.05, 3.63) is 53.9 Å². The zero-order valence-corrected chi connectivity index (χ0v) is 23.5. The number of hydrogen-bond acceptors (Lipinski definition) is 6. The van der Waals surface area contributed by atoms with Crippen LogP contribution in [0.15, 0.2) is 36.8 Å². The van der Waals surface area contributed by atoms with Crippen LogP contribution in [-0.2, 0) is 11.3 Å². The topological polar surface area (TPSA) is 97.0 Å². The van der Waals surface area contributed by atoms with E-state index in [0.717, 1.165) is 11.6 Å². The first-order valence-electron chi connectivity index (χ1n) is 13.2. The lowest BCUT2D eigenvalue weighted by molar-refractivity contribution is 0.000757. The van der Waals surface area contributed by atoms with Crippen LogP contribution >= 0.6 is 0 Å². The van der Waals surface area contributed by atoms with Crippen molar-refractivity contribution in [3.63, 3.8) is 0 Å². The van der Waals surface area contributed by atoms with Gasteiger partial charge < -0.3 is 24.3 Å². The Kier molecular flexibility index (Phi) is 7.08. The highest BCUT2D eigenvalue weighted by Crippen LogP contribution is 2.31. The molecular formula is C28H32F3N7O3. The number of halogens is 3. The minimum atomic E-state index is -3.03. The summed E-state index contributed by atoms with van der Waals surface area (Å²) in [5, 5.41) is 7.55. The van der Waals surface area contributed by atoms with Crippen molar-refractivity contribution in [1.29, 1.82) is 0 Å². The van der Waals surface area contributed by atoms with Crippen molar-refractivity contribution in [2.45, 2.75) is 52.7 Å². The zero-order chi connectivity index (χ0) is 29.7. The predicted octanol–water partition coefficient (Wildman–Crippen LogP) is 5.10. The van der Waals surface area contributed by atoms with E-state index in [0.29, 0.717) is 42.9 Å². The van der Waals surface area contributed by atoms with Gasteiger partial charge in [-0.2, -0.15) is 5.10 Å². The number of rotatable bonds is 5. The lowest BCUT2D eigenvalue weighted by Gasteiger charge is -2.37. The van der Waals surface area contributed by atoms with E-state index in [1.165, 1.54) is 16.7 Å². The molecule has 2 amide bonds. The van der Waals surface area contributed by atoms with Crippen LogP contribution in [0.2, 0.25) is 0 Å². The molecule has 0 saturated carbocycles. The number of pyridine rings is 1. The van der Waals surface area contributed by atoms with E-state index in [1.54, 1.807) is 57.1 Å². The van der Waals surface area contributed by atoms with Gasteiger partial charge in [-0.05, 0) is 39.8 Å². The molecule has 0 unspecified atom stereocenters. The molecule has 4 heterocycles. The first-order chi connectivity index (χ1) is 19.2. The Morgan fingerprint density at radius 1 is 1.05 bits per heavy atom. The Bertz CT molecular complexity index is 1630. The highest BCUT2D eigenvalue weighted by Gasteiger charge is 2.29. The molecule has 0 aliphatic carbocycles. The molecule has 4 aromatic rings. The van der Waals surface area contributed by atoms with Crippen molar-refractivity contribution < 1.29 is 27.5 Å². The van der Waals surface area contributed by atoms with Crippen LogP contribution < -0.4 is 10.2 Å². The fourth-order valence-electron chi connectivity index (χ4n) is 4.87. The number of alkyl halides is 2. The molecule has 1 aliphatic heterocycles. The van der Waals surface area contributed by atoms with Crippen molar-refractivity contribution >= 4 is 39.9 Å². The molecule has 0 bridgehead atoms. The number of hydrogen-bond donors (Lipinski definition) is 1. The van der Waals surface area contributed by atoms with Gasteiger partial charge >= 0.3 is 6.09 Å². The molecule has 1 saturated heterocycles. The number of amides is 2. The van der Waals surface area contributed by atoms with Crippen molar-refractivity contribution in [1.82, 2.24) is 24.1 Å².